The third kappa shape index (κ3) is 4.68. The molecular formula is C16H15BrClNO2S. The number of rotatable bonds is 5. The summed E-state index contributed by atoms with van der Waals surface area (Å²) in [4.78, 5) is 0. The highest BCUT2D eigenvalue weighted by Gasteiger charge is 2.15. The van der Waals surface area contributed by atoms with E-state index in [9.17, 15) is 8.42 Å². The third-order valence-corrected chi connectivity index (χ3v) is 5.59. The molecule has 0 fully saturated rings. The molecule has 0 bridgehead atoms. The van der Waals surface area contributed by atoms with E-state index in [1.54, 1.807) is 37.4 Å². The molecule has 0 aliphatic heterocycles. The maximum atomic E-state index is 12.3. The maximum Gasteiger partial charge on any atom is 0.236 e. The highest BCUT2D eigenvalue weighted by atomic mass is 79.9. The normalized spacial score (nSPS) is 12.2. The second-order valence-corrected chi connectivity index (χ2v) is 7.96. The van der Waals surface area contributed by atoms with Gasteiger partial charge < -0.3 is 0 Å². The lowest BCUT2D eigenvalue weighted by molar-refractivity contribution is 0.474. The van der Waals surface area contributed by atoms with Crippen LogP contribution in [0.3, 0.4) is 0 Å². The fourth-order valence-electron chi connectivity index (χ4n) is 1.80. The standard InChI is InChI=1S/C16H15BrClNO2S/c1-19(12-14-4-2-3-5-16(14)17)22(20,21)11-10-13-6-8-15(18)9-7-13/h2-11H,12H2,1H3/b11-10+. The Bertz CT molecular complexity index is 773. The van der Waals surface area contributed by atoms with E-state index in [-0.39, 0.29) is 0 Å². The fourth-order valence-corrected chi connectivity index (χ4v) is 3.19. The fraction of sp³-hybridized carbons (Fsp3) is 0.125. The minimum absolute atomic E-state index is 0.300. The highest BCUT2D eigenvalue weighted by Crippen LogP contribution is 2.19. The van der Waals surface area contributed by atoms with Gasteiger partial charge in [-0.3, -0.25) is 0 Å². The summed E-state index contributed by atoms with van der Waals surface area (Å²) in [6, 6.07) is 14.5. The van der Waals surface area contributed by atoms with E-state index in [1.807, 2.05) is 24.3 Å². The molecule has 22 heavy (non-hydrogen) atoms. The average Bonchev–Trinajstić information content (AvgIpc) is 2.49. The van der Waals surface area contributed by atoms with Crippen LogP contribution in [0.15, 0.2) is 58.4 Å². The molecule has 0 unspecified atom stereocenters. The van der Waals surface area contributed by atoms with Crippen molar-refractivity contribution >= 4 is 43.6 Å². The van der Waals surface area contributed by atoms with E-state index in [2.05, 4.69) is 15.9 Å². The molecule has 0 radical (unpaired) electrons. The first kappa shape index (κ1) is 17.2. The monoisotopic (exact) mass is 399 g/mol. The predicted molar refractivity (Wildman–Crippen MR) is 95.0 cm³/mol. The summed E-state index contributed by atoms with van der Waals surface area (Å²) in [5.74, 6) is 0. The van der Waals surface area contributed by atoms with Gasteiger partial charge in [0.25, 0.3) is 0 Å². The van der Waals surface area contributed by atoms with Crippen LogP contribution in [0.4, 0.5) is 0 Å². The Morgan fingerprint density at radius 2 is 1.77 bits per heavy atom. The first-order valence-electron chi connectivity index (χ1n) is 6.52. The lowest BCUT2D eigenvalue weighted by atomic mass is 10.2. The SMILES string of the molecule is CN(Cc1ccccc1Br)S(=O)(=O)/C=C/c1ccc(Cl)cc1. The topological polar surface area (TPSA) is 37.4 Å². The van der Waals surface area contributed by atoms with Crippen LogP contribution < -0.4 is 0 Å². The number of benzene rings is 2. The zero-order chi connectivity index (χ0) is 16.2. The molecule has 116 valence electrons. The van der Waals surface area contributed by atoms with Crippen molar-refractivity contribution in [1.29, 1.82) is 0 Å². The quantitative estimate of drug-likeness (QED) is 0.739. The van der Waals surface area contributed by atoms with Gasteiger partial charge in [-0.2, -0.15) is 4.31 Å². The Labute approximate surface area is 144 Å². The average molecular weight is 401 g/mol. The van der Waals surface area contributed by atoms with E-state index in [0.717, 1.165) is 15.6 Å². The van der Waals surface area contributed by atoms with Crippen LogP contribution in [-0.2, 0) is 16.6 Å². The lowest BCUT2D eigenvalue weighted by Gasteiger charge is -2.15. The second-order valence-electron chi connectivity index (χ2n) is 4.75. The van der Waals surface area contributed by atoms with E-state index >= 15 is 0 Å². The van der Waals surface area contributed by atoms with Gasteiger partial charge in [-0.1, -0.05) is 57.9 Å². The molecular weight excluding hydrogens is 386 g/mol. The summed E-state index contributed by atoms with van der Waals surface area (Å²) in [5.41, 5.74) is 1.69. The molecule has 2 aromatic rings. The van der Waals surface area contributed by atoms with Crippen molar-refractivity contribution in [3.05, 3.63) is 74.6 Å². The molecule has 0 aliphatic carbocycles. The molecule has 0 heterocycles. The predicted octanol–water partition coefficient (Wildman–Crippen LogP) is 4.54. The molecule has 3 nitrogen and oxygen atoms in total. The van der Waals surface area contributed by atoms with Crippen LogP contribution in [0.25, 0.3) is 6.08 Å². The Morgan fingerprint density at radius 3 is 2.41 bits per heavy atom. The highest BCUT2D eigenvalue weighted by molar-refractivity contribution is 9.10. The number of halogens is 2. The summed E-state index contributed by atoms with van der Waals surface area (Å²) in [6.45, 7) is 0.300. The van der Waals surface area contributed by atoms with Crippen LogP contribution in [0.5, 0.6) is 0 Å². The molecule has 2 aromatic carbocycles. The van der Waals surface area contributed by atoms with Crippen molar-refractivity contribution in [3.63, 3.8) is 0 Å². The Kier molecular flexibility index (Phi) is 5.81. The maximum absolute atomic E-state index is 12.3. The molecule has 0 N–H and O–H groups in total. The third-order valence-electron chi connectivity index (χ3n) is 3.09. The first-order chi connectivity index (χ1) is 10.4. The van der Waals surface area contributed by atoms with E-state index < -0.39 is 10.0 Å². The van der Waals surface area contributed by atoms with Crippen molar-refractivity contribution in [2.75, 3.05) is 7.05 Å². The van der Waals surface area contributed by atoms with Crippen LogP contribution in [-0.4, -0.2) is 19.8 Å². The Hall–Kier alpha value is -1.14. The van der Waals surface area contributed by atoms with Gasteiger partial charge in [0.15, 0.2) is 0 Å². The second kappa shape index (κ2) is 7.42. The number of hydrogen-bond acceptors (Lipinski definition) is 2. The summed E-state index contributed by atoms with van der Waals surface area (Å²) in [5, 5.41) is 1.82. The van der Waals surface area contributed by atoms with Gasteiger partial charge in [0, 0.05) is 28.5 Å². The molecule has 0 saturated carbocycles. The van der Waals surface area contributed by atoms with Crippen LogP contribution in [0, 0.1) is 0 Å². The number of sulfonamides is 1. The summed E-state index contributed by atoms with van der Waals surface area (Å²) >= 11 is 9.22. The van der Waals surface area contributed by atoms with Gasteiger partial charge in [0.2, 0.25) is 10.0 Å². The molecule has 2 rings (SSSR count). The van der Waals surface area contributed by atoms with Crippen molar-refractivity contribution in [2.45, 2.75) is 6.54 Å². The van der Waals surface area contributed by atoms with Crippen molar-refractivity contribution in [2.24, 2.45) is 0 Å². The van der Waals surface area contributed by atoms with E-state index in [1.165, 1.54) is 9.71 Å². The van der Waals surface area contributed by atoms with Crippen LogP contribution in [0.1, 0.15) is 11.1 Å². The van der Waals surface area contributed by atoms with Crippen LogP contribution in [0.2, 0.25) is 5.02 Å². The smallest absolute Gasteiger partial charge is 0.208 e. The van der Waals surface area contributed by atoms with Crippen LogP contribution >= 0.6 is 27.5 Å². The van der Waals surface area contributed by atoms with Gasteiger partial charge in [-0.25, -0.2) is 8.42 Å². The minimum Gasteiger partial charge on any atom is -0.208 e. The number of nitrogens with zero attached hydrogens (tertiary/aromatic N) is 1. The molecule has 0 atom stereocenters. The van der Waals surface area contributed by atoms with Crippen molar-refractivity contribution in [3.8, 4) is 0 Å². The molecule has 0 amide bonds. The van der Waals surface area contributed by atoms with E-state index in [4.69, 9.17) is 11.6 Å². The zero-order valence-electron chi connectivity index (χ0n) is 11.9. The summed E-state index contributed by atoms with van der Waals surface area (Å²) < 4.78 is 26.8. The molecule has 6 heteroatoms. The summed E-state index contributed by atoms with van der Waals surface area (Å²) in [7, 11) is -1.93. The van der Waals surface area contributed by atoms with Gasteiger partial charge in [-0.15, -0.1) is 0 Å². The number of hydrogen-bond donors (Lipinski definition) is 0. The largest absolute Gasteiger partial charge is 0.236 e. The van der Waals surface area contributed by atoms with Crippen molar-refractivity contribution in [1.82, 2.24) is 4.31 Å². The molecule has 0 spiro atoms. The van der Waals surface area contributed by atoms with E-state index in [0.29, 0.717) is 11.6 Å². The molecule has 0 saturated heterocycles. The Balaban J connectivity index is 2.12. The molecule has 0 aliphatic rings. The Morgan fingerprint density at radius 1 is 1.14 bits per heavy atom. The summed E-state index contributed by atoms with van der Waals surface area (Å²) in [6.07, 6.45) is 1.56. The van der Waals surface area contributed by atoms with Gasteiger partial charge in [0.05, 0.1) is 0 Å². The van der Waals surface area contributed by atoms with Gasteiger partial charge >= 0.3 is 0 Å². The van der Waals surface area contributed by atoms with Crippen molar-refractivity contribution < 1.29 is 8.42 Å². The van der Waals surface area contributed by atoms with Gasteiger partial charge in [-0.05, 0) is 35.4 Å². The molecule has 0 aromatic heterocycles. The van der Waals surface area contributed by atoms with Gasteiger partial charge in [0.1, 0.15) is 0 Å². The minimum atomic E-state index is -3.48. The zero-order valence-corrected chi connectivity index (χ0v) is 15.1. The lowest BCUT2D eigenvalue weighted by Crippen LogP contribution is -2.24. The first-order valence-corrected chi connectivity index (χ1v) is 9.19.